The third kappa shape index (κ3) is 2.42. The van der Waals surface area contributed by atoms with Crippen molar-refractivity contribution >= 4 is 26.8 Å². The molecule has 0 unspecified atom stereocenters. The Bertz CT molecular complexity index is 595. The topological polar surface area (TPSA) is 85.1 Å². The fourth-order valence-electron chi connectivity index (χ4n) is 1.30. The molecule has 5 nitrogen and oxygen atoms in total. The minimum absolute atomic E-state index is 0.429. The molecule has 15 heavy (non-hydrogen) atoms. The van der Waals surface area contributed by atoms with E-state index in [1.807, 2.05) is 6.07 Å². The third-order valence-electron chi connectivity index (χ3n) is 1.86. The van der Waals surface area contributed by atoms with E-state index >= 15 is 0 Å². The number of hydrogen-bond acceptors (Lipinski definition) is 3. The van der Waals surface area contributed by atoms with Crippen molar-refractivity contribution in [1.29, 1.82) is 0 Å². The molecule has 0 aliphatic heterocycles. The van der Waals surface area contributed by atoms with Gasteiger partial charge in [-0.3, -0.25) is 9.71 Å². The SMILES string of the molecule is NS(=O)(=O)Nc1ccc2ncccc2c1. The summed E-state index contributed by atoms with van der Waals surface area (Å²) in [5.74, 6) is 0. The number of pyridine rings is 1. The summed E-state index contributed by atoms with van der Waals surface area (Å²) < 4.78 is 23.8. The van der Waals surface area contributed by atoms with Gasteiger partial charge in [-0.25, -0.2) is 5.14 Å². The molecule has 2 rings (SSSR count). The molecule has 1 aromatic carbocycles. The summed E-state index contributed by atoms with van der Waals surface area (Å²) in [6, 6.07) is 8.63. The van der Waals surface area contributed by atoms with Crippen LogP contribution in [0, 0.1) is 0 Å². The molecule has 0 aliphatic rings. The zero-order valence-corrected chi connectivity index (χ0v) is 8.53. The summed E-state index contributed by atoms with van der Waals surface area (Å²) in [7, 11) is -3.72. The van der Waals surface area contributed by atoms with Crippen LogP contribution in [-0.2, 0) is 10.2 Å². The Morgan fingerprint density at radius 1 is 1.27 bits per heavy atom. The predicted molar refractivity (Wildman–Crippen MR) is 58.5 cm³/mol. The number of nitrogens with one attached hydrogen (secondary N) is 1. The molecular formula is C9H9N3O2S. The third-order valence-corrected chi connectivity index (χ3v) is 2.38. The van der Waals surface area contributed by atoms with Crippen LogP contribution >= 0.6 is 0 Å². The van der Waals surface area contributed by atoms with E-state index in [-0.39, 0.29) is 0 Å². The van der Waals surface area contributed by atoms with Gasteiger partial charge in [0.2, 0.25) is 0 Å². The van der Waals surface area contributed by atoms with Gasteiger partial charge in [0, 0.05) is 11.6 Å². The highest BCUT2D eigenvalue weighted by molar-refractivity contribution is 7.90. The van der Waals surface area contributed by atoms with Crippen molar-refractivity contribution in [2.45, 2.75) is 0 Å². The average molecular weight is 223 g/mol. The van der Waals surface area contributed by atoms with E-state index in [0.717, 1.165) is 10.9 Å². The lowest BCUT2D eigenvalue weighted by Crippen LogP contribution is -2.21. The second kappa shape index (κ2) is 3.48. The Kier molecular flexibility index (Phi) is 2.29. The zero-order valence-electron chi connectivity index (χ0n) is 7.71. The van der Waals surface area contributed by atoms with Crippen molar-refractivity contribution in [3.63, 3.8) is 0 Å². The molecule has 78 valence electrons. The van der Waals surface area contributed by atoms with Crippen LogP contribution in [-0.4, -0.2) is 13.4 Å². The number of aromatic nitrogens is 1. The maximum Gasteiger partial charge on any atom is 0.296 e. The second-order valence-electron chi connectivity index (χ2n) is 3.06. The Hall–Kier alpha value is -1.66. The van der Waals surface area contributed by atoms with Crippen molar-refractivity contribution in [3.8, 4) is 0 Å². The first kappa shape index (κ1) is 9.88. The van der Waals surface area contributed by atoms with Gasteiger partial charge >= 0.3 is 0 Å². The monoisotopic (exact) mass is 223 g/mol. The normalized spacial score (nSPS) is 11.5. The lowest BCUT2D eigenvalue weighted by Gasteiger charge is -2.04. The predicted octanol–water partition coefficient (Wildman–Crippen LogP) is 0.850. The van der Waals surface area contributed by atoms with Crippen LogP contribution in [0.15, 0.2) is 36.5 Å². The fraction of sp³-hybridized carbons (Fsp3) is 0. The molecule has 0 bridgehead atoms. The highest BCUT2D eigenvalue weighted by Gasteiger charge is 2.02. The van der Waals surface area contributed by atoms with E-state index in [1.165, 1.54) is 0 Å². The highest BCUT2D eigenvalue weighted by Crippen LogP contribution is 2.17. The highest BCUT2D eigenvalue weighted by atomic mass is 32.2. The number of hydrogen-bond donors (Lipinski definition) is 2. The number of rotatable bonds is 2. The lowest BCUT2D eigenvalue weighted by atomic mass is 10.2. The van der Waals surface area contributed by atoms with Gasteiger partial charge < -0.3 is 0 Å². The zero-order chi connectivity index (χ0) is 10.9. The molecule has 3 N–H and O–H groups in total. The van der Waals surface area contributed by atoms with Gasteiger partial charge in [0.25, 0.3) is 10.2 Å². The molecule has 0 radical (unpaired) electrons. The summed E-state index contributed by atoms with van der Waals surface area (Å²) in [4.78, 5) is 4.11. The first-order chi connectivity index (χ1) is 7.04. The Morgan fingerprint density at radius 3 is 2.80 bits per heavy atom. The molecule has 1 aromatic heterocycles. The standard InChI is InChI=1S/C9H9N3O2S/c10-15(13,14)12-8-3-4-9-7(6-8)2-1-5-11-9/h1-6,12H,(H2,10,13,14). The van der Waals surface area contributed by atoms with Gasteiger partial charge in [-0.1, -0.05) is 6.07 Å². The summed E-state index contributed by atoms with van der Waals surface area (Å²) in [6.07, 6.45) is 1.68. The van der Waals surface area contributed by atoms with Gasteiger partial charge in [0.05, 0.1) is 11.2 Å². The minimum atomic E-state index is -3.72. The maximum absolute atomic E-state index is 10.8. The summed E-state index contributed by atoms with van der Waals surface area (Å²) in [5.41, 5.74) is 1.23. The van der Waals surface area contributed by atoms with E-state index in [1.54, 1.807) is 30.5 Å². The van der Waals surface area contributed by atoms with E-state index in [4.69, 9.17) is 5.14 Å². The van der Waals surface area contributed by atoms with Gasteiger partial charge in [-0.05, 0) is 24.3 Å². The van der Waals surface area contributed by atoms with E-state index in [0.29, 0.717) is 5.69 Å². The fourth-order valence-corrected chi connectivity index (χ4v) is 1.76. The van der Waals surface area contributed by atoms with Gasteiger partial charge in [-0.2, -0.15) is 8.42 Å². The van der Waals surface area contributed by atoms with Crippen LogP contribution in [0.3, 0.4) is 0 Å². The van der Waals surface area contributed by atoms with Crippen molar-refractivity contribution in [2.24, 2.45) is 5.14 Å². The molecule has 0 saturated carbocycles. The van der Waals surface area contributed by atoms with Crippen LogP contribution in [0.25, 0.3) is 10.9 Å². The van der Waals surface area contributed by atoms with Gasteiger partial charge in [0.15, 0.2) is 0 Å². The van der Waals surface area contributed by atoms with Crippen molar-refractivity contribution in [1.82, 2.24) is 4.98 Å². The molecule has 0 aliphatic carbocycles. The number of fused-ring (bicyclic) bond motifs is 1. The molecule has 6 heteroatoms. The summed E-state index contributed by atoms with van der Waals surface area (Å²) in [6.45, 7) is 0. The van der Waals surface area contributed by atoms with Crippen LogP contribution in [0.2, 0.25) is 0 Å². The Labute approximate surface area is 87.1 Å². The molecule has 0 saturated heterocycles. The molecule has 0 fully saturated rings. The van der Waals surface area contributed by atoms with E-state index in [9.17, 15) is 8.42 Å². The molecule has 0 atom stereocenters. The van der Waals surface area contributed by atoms with E-state index < -0.39 is 10.2 Å². The number of anilines is 1. The smallest absolute Gasteiger partial charge is 0.271 e. The van der Waals surface area contributed by atoms with Crippen molar-refractivity contribution in [2.75, 3.05) is 4.72 Å². The first-order valence-electron chi connectivity index (χ1n) is 4.20. The van der Waals surface area contributed by atoms with Crippen molar-refractivity contribution in [3.05, 3.63) is 36.5 Å². The molecule has 1 heterocycles. The maximum atomic E-state index is 10.8. The summed E-state index contributed by atoms with van der Waals surface area (Å²) in [5, 5.41) is 5.71. The Morgan fingerprint density at radius 2 is 2.07 bits per heavy atom. The summed E-state index contributed by atoms with van der Waals surface area (Å²) >= 11 is 0. The number of nitrogens with two attached hydrogens (primary N) is 1. The lowest BCUT2D eigenvalue weighted by molar-refractivity contribution is 0.603. The second-order valence-corrected chi connectivity index (χ2v) is 4.35. The van der Waals surface area contributed by atoms with Gasteiger partial charge in [0.1, 0.15) is 0 Å². The minimum Gasteiger partial charge on any atom is -0.271 e. The number of nitrogens with zero attached hydrogens (tertiary/aromatic N) is 1. The van der Waals surface area contributed by atoms with Crippen molar-refractivity contribution < 1.29 is 8.42 Å². The average Bonchev–Trinajstić information content (AvgIpc) is 2.15. The van der Waals surface area contributed by atoms with Crippen LogP contribution in [0.1, 0.15) is 0 Å². The molecule has 0 spiro atoms. The largest absolute Gasteiger partial charge is 0.296 e. The molecular weight excluding hydrogens is 214 g/mol. The number of benzene rings is 1. The Balaban J connectivity index is 2.48. The van der Waals surface area contributed by atoms with Crippen LogP contribution < -0.4 is 9.86 Å². The quantitative estimate of drug-likeness (QED) is 0.791. The van der Waals surface area contributed by atoms with Crippen LogP contribution in [0.4, 0.5) is 5.69 Å². The molecule has 0 amide bonds. The molecule has 2 aromatic rings. The van der Waals surface area contributed by atoms with Gasteiger partial charge in [-0.15, -0.1) is 0 Å². The first-order valence-corrected chi connectivity index (χ1v) is 5.74. The van der Waals surface area contributed by atoms with Crippen LogP contribution in [0.5, 0.6) is 0 Å². The van der Waals surface area contributed by atoms with E-state index in [2.05, 4.69) is 9.71 Å².